The molecule has 6 rings (SSSR count). The third kappa shape index (κ3) is 5.24. The Bertz CT molecular complexity index is 921. The number of rotatable bonds is 8. The summed E-state index contributed by atoms with van der Waals surface area (Å²) in [6.07, 6.45) is 10.4. The molecule has 0 aromatic heterocycles. The first kappa shape index (κ1) is 23.3. The Labute approximate surface area is 208 Å². The van der Waals surface area contributed by atoms with Crippen LogP contribution in [0.15, 0.2) is 36.4 Å². The van der Waals surface area contributed by atoms with E-state index in [-0.39, 0.29) is 32.5 Å². The molecule has 186 valence electrons. The van der Waals surface area contributed by atoms with Gasteiger partial charge in [-0.05, 0) is 98.6 Å². The number of hydrogen-bond donors (Lipinski definition) is 0. The van der Waals surface area contributed by atoms with E-state index in [0.717, 1.165) is 76.1 Å². The summed E-state index contributed by atoms with van der Waals surface area (Å²) in [7, 11) is 0.182. The highest BCUT2D eigenvalue weighted by molar-refractivity contribution is 6.20. The topological polar surface area (TPSA) is 55.4 Å². The number of ether oxygens (including phenoxy) is 4. The predicted molar refractivity (Wildman–Crippen MR) is 133 cm³/mol. The molecule has 2 saturated heterocycles. The molecular weight excluding hydrogens is 443 g/mol. The molecule has 4 atom stereocenters. The molecule has 6 nitrogen and oxygen atoms in total. The highest BCUT2D eigenvalue weighted by atomic mass is 16.7. The van der Waals surface area contributed by atoms with E-state index in [0.29, 0.717) is 0 Å². The fourth-order valence-electron chi connectivity index (χ4n) is 5.88. The van der Waals surface area contributed by atoms with E-state index in [4.69, 9.17) is 28.3 Å². The first-order valence-corrected chi connectivity index (χ1v) is 13.4. The minimum absolute atomic E-state index is 0.0785. The lowest BCUT2D eigenvalue weighted by Crippen LogP contribution is -2.23. The first-order valence-electron chi connectivity index (χ1n) is 13.4. The Kier molecular flexibility index (Phi) is 7.28. The van der Waals surface area contributed by atoms with E-state index in [1.807, 2.05) is 24.3 Å². The quantitative estimate of drug-likeness (QED) is 0.469. The van der Waals surface area contributed by atoms with Crippen molar-refractivity contribution in [1.29, 1.82) is 0 Å². The van der Waals surface area contributed by atoms with E-state index in [1.165, 1.54) is 35.1 Å². The zero-order valence-electron chi connectivity index (χ0n) is 20.4. The minimum Gasteiger partial charge on any atom is -0.528 e. The van der Waals surface area contributed by atoms with Crippen LogP contribution in [-0.2, 0) is 31.8 Å². The lowest BCUT2D eigenvalue weighted by molar-refractivity contribution is -0.189. The van der Waals surface area contributed by atoms with Gasteiger partial charge in [0.15, 0.2) is 12.6 Å². The molecule has 2 aromatic carbocycles. The average Bonchev–Trinajstić information content (AvgIpc) is 3.51. The van der Waals surface area contributed by atoms with E-state index < -0.39 is 0 Å². The summed E-state index contributed by atoms with van der Waals surface area (Å²) >= 11 is 0. The SMILES string of the molecule is B(Oc1cccc2c1CC[C@@H]2OC1CCCCO1)Oc1cccc2c1CC[C@@H]2OC1CCCCO1. The van der Waals surface area contributed by atoms with Gasteiger partial charge in [-0.1, -0.05) is 24.3 Å². The lowest BCUT2D eigenvalue weighted by Gasteiger charge is -2.26. The van der Waals surface area contributed by atoms with E-state index in [2.05, 4.69) is 12.1 Å². The summed E-state index contributed by atoms with van der Waals surface area (Å²) in [5, 5.41) is 0. The molecule has 4 aliphatic rings. The standard InChI is InChI=1S/C28H35BO6/c1-3-17-30-27(11-1)32-23-15-13-21-19(23)7-5-9-25(21)34-29-35-26-10-6-8-20-22(26)14-16-24(20)33-28-12-2-4-18-31-28/h5-10,23-24,27-29H,1-4,11-18H2/t23-,24-,27?,28?/m0/s1. The second-order valence-corrected chi connectivity index (χ2v) is 9.97. The molecule has 2 fully saturated rings. The highest BCUT2D eigenvalue weighted by Crippen LogP contribution is 2.42. The van der Waals surface area contributed by atoms with Gasteiger partial charge in [-0.2, -0.15) is 0 Å². The molecular formula is C28H35BO6. The predicted octanol–water partition coefficient (Wildman–Crippen LogP) is 5.47. The summed E-state index contributed by atoms with van der Waals surface area (Å²) in [5.74, 6) is 1.78. The van der Waals surface area contributed by atoms with Crippen LogP contribution in [0.1, 0.15) is 85.8 Å². The second kappa shape index (κ2) is 10.9. The van der Waals surface area contributed by atoms with Crippen LogP contribution in [-0.4, -0.2) is 33.5 Å². The van der Waals surface area contributed by atoms with Crippen molar-refractivity contribution in [3.8, 4) is 11.5 Å². The Morgan fingerprint density at radius 3 is 1.60 bits per heavy atom. The van der Waals surface area contributed by atoms with Crippen LogP contribution in [0.4, 0.5) is 0 Å². The van der Waals surface area contributed by atoms with Gasteiger partial charge < -0.3 is 28.3 Å². The fourth-order valence-corrected chi connectivity index (χ4v) is 5.88. The largest absolute Gasteiger partial charge is 0.576 e. The molecule has 35 heavy (non-hydrogen) atoms. The molecule has 2 aliphatic heterocycles. The minimum atomic E-state index is -0.0785. The van der Waals surface area contributed by atoms with Crippen molar-refractivity contribution in [3.63, 3.8) is 0 Å². The molecule has 2 heterocycles. The van der Waals surface area contributed by atoms with Crippen LogP contribution >= 0.6 is 0 Å². The van der Waals surface area contributed by atoms with Crippen molar-refractivity contribution in [1.82, 2.24) is 0 Å². The van der Waals surface area contributed by atoms with Crippen molar-refractivity contribution in [3.05, 3.63) is 58.7 Å². The molecule has 0 saturated carbocycles. The van der Waals surface area contributed by atoms with Crippen molar-refractivity contribution in [2.24, 2.45) is 0 Å². The Hall–Kier alpha value is -2.06. The van der Waals surface area contributed by atoms with Gasteiger partial charge >= 0.3 is 7.69 Å². The van der Waals surface area contributed by atoms with Gasteiger partial charge in [0.2, 0.25) is 0 Å². The van der Waals surface area contributed by atoms with Gasteiger partial charge in [0.1, 0.15) is 11.5 Å². The molecule has 0 amide bonds. The molecule has 2 aromatic rings. The van der Waals surface area contributed by atoms with Crippen LogP contribution in [0.3, 0.4) is 0 Å². The molecule has 2 unspecified atom stereocenters. The Balaban J connectivity index is 1.07. The molecule has 0 N–H and O–H groups in total. The molecule has 7 heteroatoms. The van der Waals surface area contributed by atoms with Crippen molar-refractivity contribution >= 4 is 7.69 Å². The second-order valence-electron chi connectivity index (χ2n) is 9.97. The highest BCUT2D eigenvalue weighted by Gasteiger charge is 2.31. The van der Waals surface area contributed by atoms with Gasteiger partial charge in [0.05, 0.1) is 12.2 Å². The lowest BCUT2D eigenvalue weighted by atomic mass is 10.1. The smallest absolute Gasteiger partial charge is 0.528 e. The third-order valence-corrected chi connectivity index (χ3v) is 7.68. The number of fused-ring (bicyclic) bond motifs is 2. The van der Waals surface area contributed by atoms with E-state index in [9.17, 15) is 0 Å². The maximum Gasteiger partial charge on any atom is 0.576 e. The summed E-state index contributed by atoms with van der Waals surface area (Å²) in [6.45, 7) is 1.60. The monoisotopic (exact) mass is 478 g/mol. The zero-order valence-corrected chi connectivity index (χ0v) is 20.4. The summed E-state index contributed by atoms with van der Waals surface area (Å²) in [4.78, 5) is 0. The number of benzene rings is 2. The zero-order chi connectivity index (χ0) is 23.5. The number of hydrogen-bond acceptors (Lipinski definition) is 6. The van der Waals surface area contributed by atoms with Gasteiger partial charge in [-0.25, -0.2) is 0 Å². The molecule has 0 radical (unpaired) electrons. The van der Waals surface area contributed by atoms with Crippen LogP contribution in [0.5, 0.6) is 11.5 Å². The summed E-state index contributed by atoms with van der Waals surface area (Å²) in [5.41, 5.74) is 4.91. The molecule has 2 aliphatic carbocycles. The van der Waals surface area contributed by atoms with Crippen molar-refractivity contribution in [2.45, 2.75) is 89.0 Å². The molecule has 0 bridgehead atoms. The maximum atomic E-state index is 6.29. The summed E-state index contributed by atoms with van der Waals surface area (Å²) < 4.78 is 36.5. The Morgan fingerprint density at radius 1 is 0.629 bits per heavy atom. The van der Waals surface area contributed by atoms with Gasteiger partial charge in [-0.3, -0.25) is 0 Å². The van der Waals surface area contributed by atoms with E-state index >= 15 is 0 Å². The average molecular weight is 478 g/mol. The summed E-state index contributed by atoms with van der Waals surface area (Å²) in [6, 6.07) is 12.5. The van der Waals surface area contributed by atoms with Gasteiger partial charge in [0.25, 0.3) is 0 Å². The van der Waals surface area contributed by atoms with Crippen LogP contribution in [0, 0.1) is 0 Å². The van der Waals surface area contributed by atoms with Gasteiger partial charge in [0, 0.05) is 13.2 Å². The third-order valence-electron chi connectivity index (χ3n) is 7.68. The van der Waals surface area contributed by atoms with Crippen molar-refractivity contribution in [2.75, 3.05) is 13.2 Å². The normalized spacial score (nSPS) is 27.8. The maximum absolute atomic E-state index is 6.29. The first-order chi connectivity index (χ1) is 17.3. The van der Waals surface area contributed by atoms with Crippen LogP contribution < -0.4 is 9.31 Å². The fraction of sp³-hybridized carbons (Fsp3) is 0.571. The Morgan fingerprint density at radius 2 is 1.14 bits per heavy atom. The van der Waals surface area contributed by atoms with Crippen molar-refractivity contribution < 1.29 is 28.3 Å². The van der Waals surface area contributed by atoms with Crippen LogP contribution in [0.2, 0.25) is 0 Å². The van der Waals surface area contributed by atoms with Gasteiger partial charge in [-0.15, -0.1) is 0 Å². The molecule has 0 spiro atoms. The van der Waals surface area contributed by atoms with E-state index in [1.54, 1.807) is 0 Å². The van der Waals surface area contributed by atoms with Crippen LogP contribution in [0.25, 0.3) is 0 Å².